The monoisotopic (exact) mass is 327 g/mol. The molecule has 0 aliphatic carbocycles. The Hall–Kier alpha value is -2.66. The summed E-state index contributed by atoms with van der Waals surface area (Å²) in [6, 6.07) is 12.3. The van der Waals surface area contributed by atoms with Crippen molar-refractivity contribution >= 4 is 34.2 Å². The van der Waals surface area contributed by atoms with Crippen molar-refractivity contribution in [3.05, 3.63) is 59.9 Å². The number of carbonyl (C=O) groups is 1. The Morgan fingerprint density at radius 2 is 1.91 bits per heavy atom. The number of hydrogen-bond acceptors (Lipinski definition) is 4. The second kappa shape index (κ2) is 6.62. The molecule has 1 atom stereocenters. The van der Waals surface area contributed by atoms with Crippen molar-refractivity contribution in [2.24, 2.45) is 0 Å². The maximum atomic E-state index is 12.2. The van der Waals surface area contributed by atoms with Crippen LogP contribution >= 0.6 is 11.6 Å². The van der Waals surface area contributed by atoms with Crippen molar-refractivity contribution in [2.75, 3.05) is 5.32 Å². The van der Waals surface area contributed by atoms with E-state index in [-0.39, 0.29) is 5.91 Å². The molecule has 0 radical (unpaired) electrons. The van der Waals surface area contributed by atoms with Crippen LogP contribution in [0.1, 0.15) is 6.92 Å². The first-order valence-electron chi connectivity index (χ1n) is 7.06. The Bertz CT molecular complexity index is 854. The lowest BCUT2D eigenvalue weighted by Crippen LogP contribution is -2.30. The van der Waals surface area contributed by atoms with Crippen LogP contribution in [0.5, 0.6) is 5.75 Å². The number of amides is 1. The van der Waals surface area contributed by atoms with Crippen molar-refractivity contribution < 1.29 is 9.53 Å². The van der Waals surface area contributed by atoms with Crippen LogP contribution in [-0.4, -0.2) is 22.0 Å². The molecule has 0 saturated carbocycles. The van der Waals surface area contributed by atoms with Crippen LogP contribution in [0.4, 0.5) is 5.69 Å². The number of aromatic nitrogens is 2. The predicted molar refractivity (Wildman–Crippen MR) is 89.7 cm³/mol. The summed E-state index contributed by atoms with van der Waals surface area (Å²) in [4.78, 5) is 20.6. The number of nitrogens with zero attached hydrogens (tertiary/aromatic N) is 2. The van der Waals surface area contributed by atoms with E-state index < -0.39 is 6.10 Å². The van der Waals surface area contributed by atoms with Gasteiger partial charge in [-0.2, -0.15) is 0 Å². The second-order valence-corrected chi connectivity index (χ2v) is 5.40. The highest BCUT2D eigenvalue weighted by Crippen LogP contribution is 2.19. The number of nitrogens with one attached hydrogen (secondary N) is 1. The molecule has 116 valence electrons. The van der Waals surface area contributed by atoms with E-state index in [1.807, 2.05) is 0 Å². The van der Waals surface area contributed by atoms with E-state index >= 15 is 0 Å². The zero-order valence-electron chi connectivity index (χ0n) is 12.4. The summed E-state index contributed by atoms with van der Waals surface area (Å²) >= 11 is 5.90. The molecule has 0 spiro atoms. The lowest BCUT2D eigenvalue weighted by molar-refractivity contribution is -0.122. The van der Waals surface area contributed by atoms with Gasteiger partial charge >= 0.3 is 0 Å². The number of hydrogen-bond donors (Lipinski definition) is 1. The molecule has 3 rings (SSSR count). The fourth-order valence-electron chi connectivity index (χ4n) is 2.08. The van der Waals surface area contributed by atoms with E-state index in [9.17, 15) is 4.79 Å². The molecule has 1 amide bonds. The summed E-state index contributed by atoms with van der Waals surface area (Å²) in [6.45, 7) is 1.68. The molecule has 0 aliphatic heterocycles. The van der Waals surface area contributed by atoms with Crippen LogP contribution in [0.2, 0.25) is 5.02 Å². The molecule has 1 aromatic heterocycles. The zero-order chi connectivity index (χ0) is 16.2. The van der Waals surface area contributed by atoms with E-state index in [1.54, 1.807) is 61.8 Å². The molecule has 5 nitrogen and oxygen atoms in total. The van der Waals surface area contributed by atoms with Crippen molar-refractivity contribution in [2.45, 2.75) is 13.0 Å². The Morgan fingerprint density at radius 3 is 2.70 bits per heavy atom. The SMILES string of the molecule is CC(Oc1cccc(Cl)c1)C(=O)Nc1ccc2nccnc2c1. The molecular weight excluding hydrogens is 314 g/mol. The average Bonchev–Trinajstić information content (AvgIpc) is 2.54. The Labute approximate surface area is 138 Å². The smallest absolute Gasteiger partial charge is 0.265 e. The third-order valence-corrected chi connectivity index (χ3v) is 3.45. The maximum absolute atomic E-state index is 12.2. The number of benzene rings is 2. The summed E-state index contributed by atoms with van der Waals surface area (Å²) in [7, 11) is 0. The maximum Gasteiger partial charge on any atom is 0.265 e. The Morgan fingerprint density at radius 1 is 1.13 bits per heavy atom. The number of ether oxygens (including phenoxy) is 1. The highest BCUT2D eigenvalue weighted by molar-refractivity contribution is 6.30. The predicted octanol–water partition coefficient (Wildman–Crippen LogP) is 3.69. The molecule has 0 aliphatic rings. The highest BCUT2D eigenvalue weighted by Gasteiger charge is 2.15. The fourth-order valence-corrected chi connectivity index (χ4v) is 2.26. The van der Waals surface area contributed by atoms with Crippen molar-refractivity contribution in [1.82, 2.24) is 9.97 Å². The molecule has 3 aromatic rings. The van der Waals surface area contributed by atoms with Crippen molar-refractivity contribution in [3.8, 4) is 5.75 Å². The molecular formula is C17H14ClN3O2. The normalized spacial score (nSPS) is 11.9. The summed E-state index contributed by atoms with van der Waals surface area (Å²) in [5.74, 6) is 0.290. The minimum absolute atomic E-state index is 0.256. The average molecular weight is 328 g/mol. The summed E-state index contributed by atoms with van der Waals surface area (Å²) in [5.41, 5.74) is 2.13. The van der Waals surface area contributed by atoms with Gasteiger partial charge in [0.1, 0.15) is 5.75 Å². The van der Waals surface area contributed by atoms with Crippen LogP contribution in [0.3, 0.4) is 0 Å². The van der Waals surface area contributed by atoms with Gasteiger partial charge in [0.2, 0.25) is 0 Å². The summed E-state index contributed by atoms with van der Waals surface area (Å²) < 4.78 is 5.59. The first kappa shape index (κ1) is 15.2. The quantitative estimate of drug-likeness (QED) is 0.793. The van der Waals surface area contributed by atoms with Crippen LogP contribution in [0, 0.1) is 0 Å². The number of fused-ring (bicyclic) bond motifs is 1. The van der Waals surface area contributed by atoms with E-state index in [0.717, 1.165) is 5.52 Å². The summed E-state index contributed by atoms with van der Waals surface area (Å²) in [5, 5.41) is 3.36. The lowest BCUT2D eigenvalue weighted by Gasteiger charge is -2.15. The van der Waals surface area contributed by atoms with Gasteiger partial charge in [-0.05, 0) is 43.3 Å². The van der Waals surface area contributed by atoms with Crippen molar-refractivity contribution in [3.63, 3.8) is 0 Å². The van der Waals surface area contributed by atoms with Crippen molar-refractivity contribution in [1.29, 1.82) is 0 Å². The molecule has 1 unspecified atom stereocenters. The van der Waals surface area contributed by atoms with E-state index in [2.05, 4.69) is 15.3 Å². The topological polar surface area (TPSA) is 64.1 Å². The first-order valence-corrected chi connectivity index (χ1v) is 7.43. The van der Waals surface area contributed by atoms with Gasteiger partial charge in [0.15, 0.2) is 6.10 Å². The molecule has 2 aromatic carbocycles. The van der Waals surface area contributed by atoms with Crippen LogP contribution in [0.25, 0.3) is 11.0 Å². The largest absolute Gasteiger partial charge is 0.481 e. The molecule has 23 heavy (non-hydrogen) atoms. The molecule has 1 N–H and O–H groups in total. The first-order chi connectivity index (χ1) is 11.1. The van der Waals surface area contributed by atoms with Gasteiger partial charge in [-0.15, -0.1) is 0 Å². The molecule has 0 saturated heterocycles. The third kappa shape index (κ3) is 3.76. The molecule has 0 fully saturated rings. The fraction of sp³-hybridized carbons (Fsp3) is 0.118. The van der Waals surface area contributed by atoms with Crippen LogP contribution < -0.4 is 10.1 Å². The van der Waals surface area contributed by atoms with Gasteiger partial charge in [0.05, 0.1) is 11.0 Å². The van der Waals surface area contributed by atoms with Gasteiger partial charge in [-0.25, -0.2) is 0 Å². The second-order valence-electron chi connectivity index (χ2n) is 4.97. The number of carbonyl (C=O) groups excluding carboxylic acids is 1. The third-order valence-electron chi connectivity index (χ3n) is 3.22. The molecule has 0 bridgehead atoms. The standard InChI is InChI=1S/C17H14ClN3O2/c1-11(23-14-4-2-3-12(18)9-14)17(22)21-13-5-6-15-16(10-13)20-8-7-19-15/h2-11H,1H3,(H,21,22). The van der Waals surface area contributed by atoms with Crippen LogP contribution in [-0.2, 0) is 4.79 Å². The highest BCUT2D eigenvalue weighted by atomic mass is 35.5. The molecule has 6 heteroatoms. The number of anilines is 1. The van der Waals surface area contributed by atoms with Gasteiger partial charge in [0.25, 0.3) is 5.91 Å². The van der Waals surface area contributed by atoms with Gasteiger partial charge in [-0.3, -0.25) is 14.8 Å². The van der Waals surface area contributed by atoms with Crippen LogP contribution in [0.15, 0.2) is 54.9 Å². The molecule has 1 heterocycles. The number of rotatable bonds is 4. The van der Waals surface area contributed by atoms with Gasteiger partial charge in [0, 0.05) is 23.1 Å². The Kier molecular flexibility index (Phi) is 4.39. The minimum atomic E-state index is -0.661. The van der Waals surface area contributed by atoms with E-state index in [1.165, 1.54) is 0 Å². The lowest BCUT2D eigenvalue weighted by atomic mass is 10.2. The zero-order valence-corrected chi connectivity index (χ0v) is 13.1. The van der Waals surface area contributed by atoms with E-state index in [4.69, 9.17) is 16.3 Å². The number of halogens is 1. The Balaban J connectivity index is 1.69. The minimum Gasteiger partial charge on any atom is -0.481 e. The van der Waals surface area contributed by atoms with E-state index in [0.29, 0.717) is 22.0 Å². The summed E-state index contributed by atoms with van der Waals surface area (Å²) in [6.07, 6.45) is 2.58. The van der Waals surface area contributed by atoms with Gasteiger partial charge in [-0.1, -0.05) is 17.7 Å². The van der Waals surface area contributed by atoms with Gasteiger partial charge < -0.3 is 10.1 Å².